The number of aliphatic hydroxyl groups excluding tert-OH is 2. The van der Waals surface area contributed by atoms with E-state index in [2.05, 4.69) is 25.1 Å². The van der Waals surface area contributed by atoms with E-state index in [9.17, 15) is 10.2 Å². The van der Waals surface area contributed by atoms with Gasteiger partial charge in [-0.05, 0) is 19.3 Å². The molecule has 0 bridgehead atoms. The van der Waals surface area contributed by atoms with Crippen molar-refractivity contribution in [2.24, 2.45) is 0 Å². The first-order chi connectivity index (χ1) is 15.6. The van der Waals surface area contributed by atoms with Crippen LogP contribution in [-0.4, -0.2) is 45.6 Å². The van der Waals surface area contributed by atoms with Crippen molar-refractivity contribution >= 4 is 11.9 Å². The lowest BCUT2D eigenvalue weighted by Crippen LogP contribution is -2.34. The van der Waals surface area contributed by atoms with Crippen molar-refractivity contribution in [2.75, 3.05) is 18.8 Å². The van der Waals surface area contributed by atoms with Gasteiger partial charge in [-0.2, -0.15) is 0 Å². The monoisotopic (exact) mass is 473 g/mol. The molecule has 0 aliphatic rings. The molecule has 0 heterocycles. The van der Waals surface area contributed by atoms with E-state index in [1.54, 1.807) is 0 Å². The van der Waals surface area contributed by atoms with E-state index in [-0.39, 0.29) is 12.2 Å². The van der Waals surface area contributed by atoms with Gasteiger partial charge in [-0.1, -0.05) is 142 Å². The van der Waals surface area contributed by atoms with Crippen molar-refractivity contribution in [3.63, 3.8) is 0 Å². The fourth-order valence-corrected chi connectivity index (χ4v) is 5.43. The van der Waals surface area contributed by atoms with Crippen molar-refractivity contribution in [2.45, 2.75) is 161 Å². The Bertz CT molecular complexity index is 328. The summed E-state index contributed by atoms with van der Waals surface area (Å²) >= 11 is 1.83. The van der Waals surface area contributed by atoms with Crippen molar-refractivity contribution in [3.05, 3.63) is 0 Å². The van der Waals surface area contributed by atoms with E-state index in [0.717, 1.165) is 31.4 Å². The fraction of sp³-hybridized carbons (Fsp3) is 1.00. The predicted octanol–water partition coefficient (Wildman–Crippen LogP) is 8.52. The molecule has 3 nitrogen and oxygen atoms in total. The lowest BCUT2D eigenvalue weighted by molar-refractivity contribution is 0.101. The Morgan fingerprint density at radius 3 is 1.22 bits per heavy atom. The van der Waals surface area contributed by atoms with Gasteiger partial charge in [-0.15, -0.1) is 0 Å². The van der Waals surface area contributed by atoms with Gasteiger partial charge in [0.15, 0.2) is 0 Å². The number of nitrogens with zero attached hydrogens (tertiary/aromatic N) is 1. The van der Waals surface area contributed by atoms with Gasteiger partial charge in [-0.3, -0.25) is 0 Å². The molecular formula is C28H59NO2S. The zero-order valence-electron chi connectivity index (χ0n) is 22.2. The number of hydrogen-bond acceptors (Lipinski definition) is 4. The average Bonchev–Trinajstić information content (AvgIpc) is 2.77. The van der Waals surface area contributed by atoms with Crippen molar-refractivity contribution in [1.82, 2.24) is 4.31 Å². The standard InChI is InChI=1S/C28H59NO2S/c1-4-7-10-12-14-16-18-20-22-27(30)25-29(32-24-9-6-3)26-28(31)23-21-19-17-15-13-11-8-5-2/h27-28,30-31H,4-26H2,1-3H3. The van der Waals surface area contributed by atoms with E-state index < -0.39 is 0 Å². The molecule has 0 aliphatic heterocycles. The van der Waals surface area contributed by atoms with E-state index in [1.807, 2.05) is 11.9 Å². The summed E-state index contributed by atoms with van der Waals surface area (Å²) in [7, 11) is 0. The second-order valence-electron chi connectivity index (χ2n) is 9.87. The Labute approximate surface area is 206 Å². The molecule has 0 radical (unpaired) electrons. The summed E-state index contributed by atoms with van der Waals surface area (Å²) in [5.41, 5.74) is 0. The maximum Gasteiger partial charge on any atom is 0.0676 e. The third-order valence-corrected chi connectivity index (χ3v) is 7.52. The molecular weight excluding hydrogens is 414 g/mol. The lowest BCUT2D eigenvalue weighted by Gasteiger charge is -2.26. The van der Waals surface area contributed by atoms with Crippen LogP contribution in [0.2, 0.25) is 0 Å². The topological polar surface area (TPSA) is 43.7 Å². The molecule has 194 valence electrons. The van der Waals surface area contributed by atoms with Crippen LogP contribution in [-0.2, 0) is 0 Å². The van der Waals surface area contributed by atoms with Gasteiger partial charge in [0, 0.05) is 18.8 Å². The maximum absolute atomic E-state index is 10.6. The molecule has 2 atom stereocenters. The Morgan fingerprint density at radius 2 is 0.844 bits per heavy atom. The molecule has 0 aromatic heterocycles. The summed E-state index contributed by atoms with van der Waals surface area (Å²) in [6.45, 7) is 8.14. The van der Waals surface area contributed by atoms with Crippen molar-refractivity contribution < 1.29 is 10.2 Å². The van der Waals surface area contributed by atoms with Gasteiger partial charge in [0.1, 0.15) is 0 Å². The number of rotatable bonds is 26. The van der Waals surface area contributed by atoms with E-state index in [1.165, 1.54) is 103 Å². The maximum atomic E-state index is 10.6. The highest BCUT2D eigenvalue weighted by Crippen LogP contribution is 2.18. The van der Waals surface area contributed by atoms with Crippen molar-refractivity contribution in [1.29, 1.82) is 0 Å². The molecule has 2 N–H and O–H groups in total. The third-order valence-electron chi connectivity index (χ3n) is 6.38. The Hall–Kier alpha value is 0.230. The third kappa shape index (κ3) is 23.4. The molecule has 2 unspecified atom stereocenters. The highest BCUT2D eigenvalue weighted by atomic mass is 32.2. The minimum absolute atomic E-state index is 0.264. The van der Waals surface area contributed by atoms with Crippen LogP contribution in [0.15, 0.2) is 0 Å². The molecule has 0 saturated carbocycles. The first-order valence-electron chi connectivity index (χ1n) is 14.4. The Morgan fingerprint density at radius 1 is 0.500 bits per heavy atom. The molecule has 0 rings (SSSR count). The average molecular weight is 474 g/mol. The smallest absolute Gasteiger partial charge is 0.0676 e. The van der Waals surface area contributed by atoms with Crippen LogP contribution in [0.1, 0.15) is 149 Å². The highest BCUT2D eigenvalue weighted by molar-refractivity contribution is 7.97. The molecule has 32 heavy (non-hydrogen) atoms. The predicted molar refractivity (Wildman–Crippen MR) is 145 cm³/mol. The largest absolute Gasteiger partial charge is 0.392 e. The van der Waals surface area contributed by atoms with Crippen LogP contribution >= 0.6 is 11.9 Å². The first kappa shape index (κ1) is 32.2. The number of hydrogen-bond donors (Lipinski definition) is 2. The molecule has 0 amide bonds. The zero-order chi connectivity index (χ0) is 23.7. The molecule has 0 spiro atoms. The van der Waals surface area contributed by atoms with Crippen molar-refractivity contribution in [3.8, 4) is 0 Å². The Kier molecular flexibility index (Phi) is 26.0. The minimum Gasteiger partial charge on any atom is -0.392 e. The lowest BCUT2D eigenvalue weighted by atomic mass is 10.0. The highest BCUT2D eigenvalue weighted by Gasteiger charge is 2.16. The normalized spacial score (nSPS) is 13.7. The van der Waals surface area contributed by atoms with E-state index >= 15 is 0 Å². The quantitative estimate of drug-likeness (QED) is 0.0975. The minimum atomic E-state index is -0.264. The first-order valence-corrected chi connectivity index (χ1v) is 15.3. The van der Waals surface area contributed by atoms with Gasteiger partial charge >= 0.3 is 0 Å². The van der Waals surface area contributed by atoms with Gasteiger partial charge < -0.3 is 10.2 Å². The molecule has 0 saturated heterocycles. The van der Waals surface area contributed by atoms with E-state index in [0.29, 0.717) is 13.1 Å². The Balaban J connectivity index is 3.97. The molecule has 0 aliphatic carbocycles. The van der Waals surface area contributed by atoms with Crippen LogP contribution in [0.3, 0.4) is 0 Å². The van der Waals surface area contributed by atoms with Gasteiger partial charge in [-0.25, -0.2) is 4.31 Å². The van der Waals surface area contributed by atoms with Crippen LogP contribution in [0.25, 0.3) is 0 Å². The van der Waals surface area contributed by atoms with Crippen LogP contribution in [0.4, 0.5) is 0 Å². The number of aliphatic hydroxyl groups is 2. The molecule has 0 aromatic rings. The van der Waals surface area contributed by atoms with Crippen LogP contribution < -0.4 is 0 Å². The van der Waals surface area contributed by atoms with Crippen LogP contribution in [0.5, 0.6) is 0 Å². The summed E-state index contributed by atoms with van der Waals surface area (Å²) in [5, 5.41) is 21.1. The fourth-order valence-electron chi connectivity index (χ4n) is 4.20. The summed E-state index contributed by atoms with van der Waals surface area (Å²) in [4.78, 5) is 0. The summed E-state index contributed by atoms with van der Waals surface area (Å²) < 4.78 is 2.25. The molecule has 4 heteroatoms. The second-order valence-corrected chi connectivity index (χ2v) is 11.1. The SMILES string of the molecule is CCCCCCCCCCC(O)CN(CC(O)CCCCCCCCCC)SCCCC. The molecule has 0 fully saturated rings. The number of unbranched alkanes of at least 4 members (excludes halogenated alkanes) is 15. The molecule has 0 aromatic carbocycles. The van der Waals surface area contributed by atoms with E-state index in [4.69, 9.17) is 0 Å². The summed E-state index contributed by atoms with van der Waals surface area (Å²) in [6, 6.07) is 0. The van der Waals surface area contributed by atoms with Gasteiger partial charge in [0.2, 0.25) is 0 Å². The zero-order valence-corrected chi connectivity index (χ0v) is 23.0. The van der Waals surface area contributed by atoms with Gasteiger partial charge in [0.25, 0.3) is 0 Å². The van der Waals surface area contributed by atoms with Crippen LogP contribution in [0, 0.1) is 0 Å². The summed E-state index contributed by atoms with van der Waals surface area (Å²) in [6.07, 6.45) is 24.6. The summed E-state index contributed by atoms with van der Waals surface area (Å²) in [5.74, 6) is 1.09. The van der Waals surface area contributed by atoms with Gasteiger partial charge in [0.05, 0.1) is 12.2 Å². The second kappa shape index (κ2) is 25.8.